The van der Waals surface area contributed by atoms with E-state index in [1.807, 2.05) is 30.4 Å². The Morgan fingerprint density at radius 2 is 1.94 bits per heavy atom. The van der Waals surface area contributed by atoms with Gasteiger partial charge >= 0.3 is 0 Å². The standard InChI is InChI=1S/C13H13N3/c1-10-4-2-3-5-11(10)6-7-12-8-9-15-13(14)16-12/h2-9H,1H3,(H2,14,15,16)/b7-6+. The monoisotopic (exact) mass is 211 g/mol. The Morgan fingerprint density at radius 3 is 2.69 bits per heavy atom. The highest BCUT2D eigenvalue weighted by atomic mass is 15.0. The molecule has 0 aliphatic rings. The van der Waals surface area contributed by atoms with Crippen LogP contribution >= 0.6 is 0 Å². The summed E-state index contributed by atoms with van der Waals surface area (Å²) >= 11 is 0. The third kappa shape index (κ3) is 2.45. The van der Waals surface area contributed by atoms with Crippen molar-refractivity contribution in [3.8, 4) is 0 Å². The Morgan fingerprint density at radius 1 is 1.12 bits per heavy atom. The number of hydrogen-bond donors (Lipinski definition) is 1. The molecule has 0 unspecified atom stereocenters. The van der Waals surface area contributed by atoms with Crippen molar-refractivity contribution in [1.29, 1.82) is 0 Å². The van der Waals surface area contributed by atoms with Crippen molar-refractivity contribution >= 4 is 18.1 Å². The summed E-state index contributed by atoms with van der Waals surface area (Å²) in [5.41, 5.74) is 8.73. The molecule has 0 bridgehead atoms. The zero-order valence-corrected chi connectivity index (χ0v) is 9.09. The van der Waals surface area contributed by atoms with E-state index in [-0.39, 0.29) is 0 Å². The molecule has 2 rings (SSSR count). The lowest BCUT2D eigenvalue weighted by molar-refractivity contribution is 1.17. The van der Waals surface area contributed by atoms with Crippen molar-refractivity contribution in [2.75, 3.05) is 5.73 Å². The summed E-state index contributed by atoms with van der Waals surface area (Å²) in [4.78, 5) is 7.94. The summed E-state index contributed by atoms with van der Waals surface area (Å²) in [5.74, 6) is 0.298. The minimum absolute atomic E-state index is 0.298. The van der Waals surface area contributed by atoms with Gasteiger partial charge in [-0.15, -0.1) is 0 Å². The van der Waals surface area contributed by atoms with E-state index in [9.17, 15) is 0 Å². The molecule has 80 valence electrons. The molecule has 1 heterocycles. The van der Waals surface area contributed by atoms with Crippen LogP contribution in [0.25, 0.3) is 12.2 Å². The van der Waals surface area contributed by atoms with E-state index in [1.54, 1.807) is 6.20 Å². The molecule has 3 heteroatoms. The van der Waals surface area contributed by atoms with Crippen LogP contribution in [0.5, 0.6) is 0 Å². The summed E-state index contributed by atoms with van der Waals surface area (Å²) in [7, 11) is 0. The molecule has 2 aromatic rings. The minimum Gasteiger partial charge on any atom is -0.368 e. The molecule has 0 fully saturated rings. The normalized spacial score (nSPS) is 10.8. The van der Waals surface area contributed by atoms with E-state index >= 15 is 0 Å². The third-order valence-corrected chi connectivity index (χ3v) is 2.32. The molecule has 0 radical (unpaired) electrons. The van der Waals surface area contributed by atoms with Gasteiger partial charge in [0.05, 0.1) is 5.69 Å². The lowest BCUT2D eigenvalue weighted by atomic mass is 10.1. The number of hydrogen-bond acceptors (Lipinski definition) is 3. The summed E-state index contributed by atoms with van der Waals surface area (Å²) in [6, 6.07) is 10.0. The molecule has 0 atom stereocenters. The first-order chi connectivity index (χ1) is 7.75. The number of anilines is 1. The molecule has 0 saturated heterocycles. The lowest BCUT2D eigenvalue weighted by Crippen LogP contribution is -1.94. The van der Waals surface area contributed by atoms with E-state index < -0.39 is 0 Å². The van der Waals surface area contributed by atoms with Crippen LogP contribution in [-0.4, -0.2) is 9.97 Å². The van der Waals surface area contributed by atoms with Gasteiger partial charge < -0.3 is 5.73 Å². The first-order valence-electron chi connectivity index (χ1n) is 5.08. The van der Waals surface area contributed by atoms with Crippen LogP contribution in [0.2, 0.25) is 0 Å². The molecule has 3 nitrogen and oxygen atoms in total. The van der Waals surface area contributed by atoms with E-state index in [1.165, 1.54) is 11.1 Å². The average Bonchev–Trinajstić information content (AvgIpc) is 2.28. The Kier molecular flexibility index (Phi) is 2.96. The molecule has 0 aliphatic carbocycles. The Bertz CT molecular complexity index is 518. The van der Waals surface area contributed by atoms with Crippen molar-refractivity contribution < 1.29 is 0 Å². The zero-order chi connectivity index (χ0) is 11.4. The molecule has 0 amide bonds. The van der Waals surface area contributed by atoms with Crippen LogP contribution in [0.15, 0.2) is 36.5 Å². The second kappa shape index (κ2) is 4.57. The van der Waals surface area contributed by atoms with Crippen molar-refractivity contribution in [2.45, 2.75) is 6.92 Å². The largest absolute Gasteiger partial charge is 0.368 e. The second-order valence-electron chi connectivity index (χ2n) is 3.53. The zero-order valence-electron chi connectivity index (χ0n) is 9.09. The molecule has 0 aliphatic heterocycles. The Balaban J connectivity index is 2.25. The number of nitrogens with two attached hydrogens (primary N) is 1. The molecular formula is C13H13N3. The van der Waals surface area contributed by atoms with Gasteiger partial charge in [-0.1, -0.05) is 30.3 Å². The van der Waals surface area contributed by atoms with Crippen molar-refractivity contribution in [1.82, 2.24) is 9.97 Å². The average molecular weight is 211 g/mol. The number of benzene rings is 1. The maximum atomic E-state index is 5.50. The van der Waals surface area contributed by atoms with Crippen LogP contribution in [0.3, 0.4) is 0 Å². The molecular weight excluding hydrogens is 198 g/mol. The second-order valence-corrected chi connectivity index (χ2v) is 3.53. The fraction of sp³-hybridized carbons (Fsp3) is 0.0769. The minimum atomic E-state index is 0.298. The van der Waals surface area contributed by atoms with Gasteiger partial charge in [-0.25, -0.2) is 9.97 Å². The van der Waals surface area contributed by atoms with E-state index in [0.29, 0.717) is 5.95 Å². The molecule has 1 aromatic carbocycles. The number of nitrogen functional groups attached to an aromatic ring is 1. The van der Waals surface area contributed by atoms with E-state index in [2.05, 4.69) is 29.0 Å². The highest BCUT2D eigenvalue weighted by molar-refractivity contribution is 5.69. The molecule has 0 saturated carbocycles. The molecule has 1 aromatic heterocycles. The predicted molar refractivity (Wildman–Crippen MR) is 66.6 cm³/mol. The van der Waals surface area contributed by atoms with Crippen LogP contribution in [0.4, 0.5) is 5.95 Å². The highest BCUT2D eigenvalue weighted by Crippen LogP contribution is 2.11. The van der Waals surface area contributed by atoms with Crippen LogP contribution < -0.4 is 5.73 Å². The smallest absolute Gasteiger partial charge is 0.220 e. The number of aryl methyl sites for hydroxylation is 1. The van der Waals surface area contributed by atoms with Gasteiger partial charge in [0.2, 0.25) is 5.95 Å². The van der Waals surface area contributed by atoms with Gasteiger partial charge in [-0.2, -0.15) is 0 Å². The highest BCUT2D eigenvalue weighted by Gasteiger charge is 1.93. The van der Waals surface area contributed by atoms with Gasteiger partial charge in [0.25, 0.3) is 0 Å². The number of rotatable bonds is 2. The molecule has 16 heavy (non-hydrogen) atoms. The van der Waals surface area contributed by atoms with Gasteiger partial charge in [0.15, 0.2) is 0 Å². The maximum absolute atomic E-state index is 5.50. The van der Waals surface area contributed by atoms with Crippen molar-refractivity contribution in [2.24, 2.45) is 0 Å². The van der Waals surface area contributed by atoms with Gasteiger partial charge in [0, 0.05) is 6.20 Å². The Hall–Kier alpha value is -2.16. The summed E-state index contributed by atoms with van der Waals surface area (Å²) < 4.78 is 0. The van der Waals surface area contributed by atoms with Gasteiger partial charge in [-0.3, -0.25) is 0 Å². The fourth-order valence-corrected chi connectivity index (χ4v) is 1.43. The predicted octanol–water partition coefficient (Wildman–Crippen LogP) is 2.54. The Labute approximate surface area is 94.7 Å². The number of nitrogens with zero attached hydrogens (tertiary/aromatic N) is 2. The quantitative estimate of drug-likeness (QED) is 0.830. The maximum Gasteiger partial charge on any atom is 0.220 e. The fourth-order valence-electron chi connectivity index (χ4n) is 1.43. The van der Waals surface area contributed by atoms with Gasteiger partial charge in [0.1, 0.15) is 0 Å². The first-order valence-corrected chi connectivity index (χ1v) is 5.08. The summed E-state index contributed by atoms with van der Waals surface area (Å²) in [5, 5.41) is 0. The summed E-state index contributed by atoms with van der Waals surface area (Å²) in [6.45, 7) is 2.08. The van der Waals surface area contributed by atoms with Crippen LogP contribution in [0, 0.1) is 6.92 Å². The molecule has 0 spiro atoms. The van der Waals surface area contributed by atoms with Crippen LogP contribution in [-0.2, 0) is 0 Å². The topological polar surface area (TPSA) is 51.8 Å². The lowest BCUT2D eigenvalue weighted by Gasteiger charge is -1.98. The SMILES string of the molecule is Cc1ccccc1/C=C/c1ccnc(N)n1. The van der Waals surface area contributed by atoms with Crippen LogP contribution in [0.1, 0.15) is 16.8 Å². The van der Waals surface area contributed by atoms with E-state index in [4.69, 9.17) is 5.73 Å². The van der Waals surface area contributed by atoms with E-state index in [0.717, 1.165) is 5.69 Å². The van der Waals surface area contributed by atoms with Crippen molar-refractivity contribution in [3.05, 3.63) is 53.3 Å². The third-order valence-electron chi connectivity index (χ3n) is 2.32. The van der Waals surface area contributed by atoms with Gasteiger partial charge in [-0.05, 0) is 30.2 Å². The summed E-state index contributed by atoms with van der Waals surface area (Å²) in [6.07, 6.45) is 5.61. The van der Waals surface area contributed by atoms with Crippen molar-refractivity contribution in [3.63, 3.8) is 0 Å². The first kappa shape index (κ1) is 10.4. The number of aromatic nitrogens is 2. The molecule has 2 N–H and O–H groups in total.